The Morgan fingerprint density at radius 1 is 1.07 bits per heavy atom. The molecule has 0 saturated heterocycles. The van der Waals surface area contributed by atoms with Crippen molar-refractivity contribution < 1.29 is 9.53 Å². The number of benzene rings is 2. The Morgan fingerprint density at radius 3 is 2.52 bits per heavy atom. The van der Waals surface area contributed by atoms with Crippen molar-refractivity contribution in [1.29, 1.82) is 0 Å². The zero-order valence-electron chi connectivity index (χ0n) is 17.4. The zero-order valence-corrected chi connectivity index (χ0v) is 18.1. The normalized spacial score (nSPS) is 11.3. The Labute approximate surface area is 177 Å². The highest BCUT2D eigenvalue weighted by Crippen LogP contribution is 2.26. The molecule has 0 fully saturated rings. The first-order valence-electron chi connectivity index (χ1n) is 9.63. The lowest BCUT2D eigenvalue weighted by molar-refractivity contribution is 0.0549. The third-order valence-corrected chi connectivity index (χ3v) is 5.11. The number of nitrogens with zero attached hydrogens (tertiary/aromatic N) is 2. The van der Waals surface area contributed by atoms with Gasteiger partial charge >= 0.3 is 0 Å². The minimum atomic E-state index is -0.358. The SMILES string of the molecule is COc1ccccc1C(=O)N(Cc1cccn1Cc1cccc(Cl)c1)C(C)(C)C. The molecule has 0 radical (unpaired) electrons. The molecule has 0 saturated carbocycles. The Morgan fingerprint density at radius 2 is 1.83 bits per heavy atom. The fourth-order valence-electron chi connectivity index (χ4n) is 3.32. The van der Waals surface area contributed by atoms with Crippen molar-refractivity contribution >= 4 is 17.5 Å². The van der Waals surface area contributed by atoms with Crippen molar-refractivity contribution in [1.82, 2.24) is 9.47 Å². The standard InChI is InChI=1S/C24H27ClN2O2/c1-24(2,3)27(23(28)21-12-5-6-13-22(21)29-4)17-20-11-8-14-26(20)16-18-9-7-10-19(25)15-18/h5-15H,16-17H2,1-4H3. The lowest BCUT2D eigenvalue weighted by atomic mass is 10.0. The van der Waals surface area contributed by atoms with Gasteiger partial charge in [-0.2, -0.15) is 0 Å². The molecular formula is C24H27ClN2O2. The Kier molecular flexibility index (Phi) is 6.33. The number of para-hydroxylation sites is 1. The second-order valence-corrected chi connectivity index (χ2v) is 8.46. The summed E-state index contributed by atoms with van der Waals surface area (Å²) >= 11 is 6.13. The average molecular weight is 411 g/mol. The van der Waals surface area contributed by atoms with Crippen LogP contribution in [0.25, 0.3) is 0 Å². The molecule has 1 aromatic heterocycles. The van der Waals surface area contributed by atoms with E-state index in [1.54, 1.807) is 7.11 Å². The highest BCUT2D eigenvalue weighted by molar-refractivity contribution is 6.30. The van der Waals surface area contributed by atoms with Crippen molar-refractivity contribution in [3.8, 4) is 5.75 Å². The molecule has 0 bridgehead atoms. The van der Waals surface area contributed by atoms with Crippen LogP contribution in [0.5, 0.6) is 5.75 Å². The van der Waals surface area contributed by atoms with Gasteiger partial charge in [0.15, 0.2) is 0 Å². The van der Waals surface area contributed by atoms with Gasteiger partial charge in [0.05, 0.1) is 19.2 Å². The molecule has 0 spiro atoms. The lowest BCUT2D eigenvalue weighted by Gasteiger charge is -2.36. The minimum absolute atomic E-state index is 0.0505. The Bertz CT molecular complexity index is 988. The number of ether oxygens (including phenoxy) is 1. The van der Waals surface area contributed by atoms with Gasteiger partial charge in [0.2, 0.25) is 0 Å². The second-order valence-electron chi connectivity index (χ2n) is 8.02. The van der Waals surface area contributed by atoms with Crippen LogP contribution in [0.15, 0.2) is 66.9 Å². The van der Waals surface area contributed by atoms with E-state index in [0.717, 1.165) is 16.3 Å². The quantitative estimate of drug-likeness (QED) is 0.527. The van der Waals surface area contributed by atoms with Crippen molar-refractivity contribution in [3.63, 3.8) is 0 Å². The summed E-state index contributed by atoms with van der Waals surface area (Å²) in [4.78, 5) is 15.3. The van der Waals surface area contributed by atoms with Gasteiger partial charge in [-0.25, -0.2) is 0 Å². The molecule has 0 aliphatic heterocycles. The lowest BCUT2D eigenvalue weighted by Crippen LogP contribution is -2.45. The van der Waals surface area contributed by atoms with E-state index >= 15 is 0 Å². The van der Waals surface area contributed by atoms with Gasteiger partial charge in [-0.05, 0) is 62.7 Å². The second kappa shape index (κ2) is 8.75. The summed E-state index contributed by atoms with van der Waals surface area (Å²) < 4.78 is 7.57. The van der Waals surface area contributed by atoms with Crippen molar-refractivity contribution in [3.05, 3.63) is 88.7 Å². The predicted octanol–water partition coefficient (Wildman–Crippen LogP) is 5.64. The summed E-state index contributed by atoms with van der Waals surface area (Å²) in [7, 11) is 1.59. The van der Waals surface area contributed by atoms with Crippen molar-refractivity contribution in [2.75, 3.05) is 7.11 Å². The molecular weight excluding hydrogens is 384 g/mol. The van der Waals surface area contributed by atoms with E-state index in [0.29, 0.717) is 24.4 Å². The zero-order chi connectivity index (χ0) is 21.0. The molecule has 152 valence electrons. The maximum absolute atomic E-state index is 13.4. The summed E-state index contributed by atoms with van der Waals surface area (Å²) in [6.07, 6.45) is 2.03. The number of carbonyl (C=O) groups excluding carboxylic acids is 1. The van der Waals surface area contributed by atoms with Crippen LogP contribution in [-0.4, -0.2) is 28.0 Å². The molecule has 29 heavy (non-hydrogen) atoms. The molecule has 2 aromatic carbocycles. The van der Waals surface area contributed by atoms with Gasteiger partial charge in [0, 0.05) is 29.0 Å². The maximum atomic E-state index is 13.4. The Hall–Kier alpha value is -2.72. The predicted molar refractivity (Wildman–Crippen MR) is 118 cm³/mol. The molecule has 0 aliphatic rings. The van der Waals surface area contributed by atoms with E-state index < -0.39 is 0 Å². The molecule has 1 amide bonds. The number of amides is 1. The van der Waals surface area contributed by atoms with Crippen LogP contribution >= 0.6 is 11.6 Å². The van der Waals surface area contributed by atoms with Crippen molar-refractivity contribution in [2.45, 2.75) is 39.4 Å². The van der Waals surface area contributed by atoms with E-state index in [1.807, 2.05) is 80.4 Å². The molecule has 0 atom stereocenters. The average Bonchev–Trinajstić information content (AvgIpc) is 3.11. The van der Waals surface area contributed by atoms with Gasteiger partial charge in [0.1, 0.15) is 5.75 Å². The van der Waals surface area contributed by atoms with E-state index in [9.17, 15) is 4.79 Å². The number of methoxy groups -OCH3 is 1. The number of aromatic nitrogens is 1. The third kappa shape index (κ3) is 5.01. The van der Waals surface area contributed by atoms with E-state index in [4.69, 9.17) is 16.3 Å². The van der Waals surface area contributed by atoms with Crippen LogP contribution in [0, 0.1) is 0 Å². The summed E-state index contributed by atoms with van der Waals surface area (Å²) in [5, 5.41) is 0.721. The van der Waals surface area contributed by atoms with E-state index in [2.05, 4.69) is 16.7 Å². The van der Waals surface area contributed by atoms with Crippen LogP contribution < -0.4 is 4.74 Å². The molecule has 0 unspecified atom stereocenters. The first kappa shape index (κ1) is 21.0. The molecule has 3 aromatic rings. The van der Waals surface area contributed by atoms with Gasteiger partial charge in [-0.1, -0.05) is 35.9 Å². The van der Waals surface area contributed by atoms with Crippen LogP contribution in [0.3, 0.4) is 0 Å². The van der Waals surface area contributed by atoms with Gasteiger partial charge in [-0.3, -0.25) is 4.79 Å². The fraction of sp³-hybridized carbons (Fsp3) is 0.292. The maximum Gasteiger partial charge on any atom is 0.258 e. The first-order valence-corrected chi connectivity index (χ1v) is 10.0. The molecule has 3 rings (SSSR count). The number of hydrogen-bond acceptors (Lipinski definition) is 2. The number of halogens is 1. The van der Waals surface area contributed by atoms with Gasteiger partial charge < -0.3 is 14.2 Å². The smallest absolute Gasteiger partial charge is 0.258 e. The fourth-order valence-corrected chi connectivity index (χ4v) is 3.53. The van der Waals surface area contributed by atoms with E-state index in [-0.39, 0.29) is 11.4 Å². The third-order valence-electron chi connectivity index (χ3n) is 4.88. The van der Waals surface area contributed by atoms with E-state index in [1.165, 1.54) is 0 Å². The highest BCUT2D eigenvalue weighted by atomic mass is 35.5. The summed E-state index contributed by atoms with van der Waals surface area (Å²) in [6.45, 7) is 7.33. The summed E-state index contributed by atoms with van der Waals surface area (Å²) in [6, 6.07) is 19.3. The van der Waals surface area contributed by atoms with Gasteiger partial charge in [0.25, 0.3) is 5.91 Å². The number of hydrogen-bond donors (Lipinski definition) is 0. The number of carbonyl (C=O) groups is 1. The summed E-state index contributed by atoms with van der Waals surface area (Å²) in [5.74, 6) is 0.534. The van der Waals surface area contributed by atoms with Crippen molar-refractivity contribution in [2.24, 2.45) is 0 Å². The van der Waals surface area contributed by atoms with Crippen LogP contribution in [0.1, 0.15) is 42.4 Å². The van der Waals surface area contributed by atoms with Crippen LogP contribution in [-0.2, 0) is 13.1 Å². The van der Waals surface area contributed by atoms with Crippen LogP contribution in [0.2, 0.25) is 5.02 Å². The minimum Gasteiger partial charge on any atom is -0.496 e. The molecule has 1 heterocycles. The highest BCUT2D eigenvalue weighted by Gasteiger charge is 2.29. The van der Waals surface area contributed by atoms with Crippen LogP contribution in [0.4, 0.5) is 0 Å². The molecule has 5 heteroatoms. The summed E-state index contributed by atoms with van der Waals surface area (Å²) in [5.41, 5.74) is 2.39. The molecule has 4 nitrogen and oxygen atoms in total. The molecule has 0 aliphatic carbocycles. The Balaban J connectivity index is 1.89. The van der Waals surface area contributed by atoms with Gasteiger partial charge in [-0.15, -0.1) is 0 Å². The monoisotopic (exact) mass is 410 g/mol. The molecule has 0 N–H and O–H groups in total. The first-order chi connectivity index (χ1) is 13.8. The topological polar surface area (TPSA) is 34.5 Å². The largest absolute Gasteiger partial charge is 0.496 e. The number of rotatable bonds is 6.